The van der Waals surface area contributed by atoms with Gasteiger partial charge in [0, 0.05) is 25.8 Å². The highest BCUT2D eigenvalue weighted by atomic mass is 15.1. The molecule has 0 bridgehead atoms. The summed E-state index contributed by atoms with van der Waals surface area (Å²) in [4.78, 5) is 4.23. The van der Waals surface area contributed by atoms with Crippen LogP contribution in [0.4, 0.5) is 0 Å². The number of aryl methyl sites for hydroxylation is 1. The normalized spacial score (nSPS) is 12.5. The lowest BCUT2D eigenvalue weighted by molar-refractivity contribution is 0.497. The molecule has 4 heteroatoms. The number of benzene rings is 1. The molecule has 4 nitrogen and oxygen atoms in total. The Morgan fingerprint density at radius 2 is 2.11 bits per heavy atom. The van der Waals surface area contributed by atoms with Crippen molar-refractivity contribution in [2.45, 2.75) is 32.5 Å². The van der Waals surface area contributed by atoms with Crippen LogP contribution >= 0.6 is 0 Å². The van der Waals surface area contributed by atoms with Gasteiger partial charge in [-0.05, 0) is 12.0 Å². The number of rotatable bonds is 7. The van der Waals surface area contributed by atoms with Gasteiger partial charge in [-0.2, -0.15) is 0 Å². The molecule has 0 spiro atoms. The van der Waals surface area contributed by atoms with E-state index in [1.807, 2.05) is 18.6 Å². The Morgan fingerprint density at radius 1 is 1.32 bits per heavy atom. The van der Waals surface area contributed by atoms with E-state index < -0.39 is 0 Å². The van der Waals surface area contributed by atoms with Crippen LogP contribution in [0.5, 0.6) is 0 Å². The van der Waals surface area contributed by atoms with Gasteiger partial charge in [-0.25, -0.2) is 4.98 Å². The van der Waals surface area contributed by atoms with E-state index in [1.54, 1.807) is 0 Å². The van der Waals surface area contributed by atoms with Crippen molar-refractivity contribution < 1.29 is 0 Å². The molecule has 102 valence electrons. The predicted octanol–water partition coefficient (Wildman–Crippen LogP) is 2.08. The molecule has 0 amide bonds. The van der Waals surface area contributed by atoms with Gasteiger partial charge in [-0.15, -0.1) is 0 Å². The fourth-order valence-corrected chi connectivity index (χ4v) is 2.19. The second-order valence-corrected chi connectivity index (χ2v) is 4.67. The van der Waals surface area contributed by atoms with Gasteiger partial charge in [0.05, 0.1) is 18.1 Å². The van der Waals surface area contributed by atoms with Gasteiger partial charge in [0.15, 0.2) is 0 Å². The molecule has 19 heavy (non-hydrogen) atoms. The minimum atomic E-state index is 0.147. The molecular formula is C15H22N4. The van der Waals surface area contributed by atoms with Crippen LogP contribution in [0.1, 0.15) is 30.6 Å². The van der Waals surface area contributed by atoms with Crippen LogP contribution in [0.2, 0.25) is 0 Å². The van der Waals surface area contributed by atoms with Crippen LogP contribution in [0.25, 0.3) is 0 Å². The Morgan fingerprint density at radius 3 is 2.79 bits per heavy atom. The Hall–Kier alpha value is -1.65. The Bertz CT molecular complexity index is 478. The summed E-state index contributed by atoms with van der Waals surface area (Å²) in [7, 11) is 0. The molecule has 1 atom stereocenters. The molecule has 2 rings (SSSR count). The van der Waals surface area contributed by atoms with E-state index in [9.17, 15) is 0 Å². The smallest absolute Gasteiger partial charge is 0.0948 e. The first-order valence-electron chi connectivity index (χ1n) is 6.82. The molecule has 0 aliphatic rings. The molecule has 0 saturated heterocycles. The number of hydrogen-bond acceptors (Lipinski definition) is 3. The molecule has 1 heterocycles. The first-order valence-corrected chi connectivity index (χ1v) is 6.82. The lowest BCUT2D eigenvalue weighted by Crippen LogP contribution is -2.29. The third kappa shape index (κ3) is 3.66. The number of nitrogens with one attached hydrogen (secondary N) is 1. The SMILES string of the molecule is CCCn1cncc1C(CN)NCc1ccccc1. The second kappa shape index (κ2) is 7.07. The van der Waals surface area contributed by atoms with Crippen LogP contribution in [0.3, 0.4) is 0 Å². The Labute approximate surface area is 114 Å². The zero-order chi connectivity index (χ0) is 13.5. The van der Waals surface area contributed by atoms with Gasteiger partial charge in [0.2, 0.25) is 0 Å². The van der Waals surface area contributed by atoms with Gasteiger partial charge >= 0.3 is 0 Å². The summed E-state index contributed by atoms with van der Waals surface area (Å²) in [5, 5.41) is 3.50. The number of imidazole rings is 1. The van der Waals surface area contributed by atoms with Crippen molar-refractivity contribution in [3.8, 4) is 0 Å². The summed E-state index contributed by atoms with van der Waals surface area (Å²) in [6.45, 7) is 4.54. The number of hydrogen-bond donors (Lipinski definition) is 2. The highest BCUT2D eigenvalue weighted by Crippen LogP contribution is 2.13. The number of aromatic nitrogens is 2. The molecule has 0 fully saturated rings. The average molecular weight is 258 g/mol. The summed E-state index contributed by atoms with van der Waals surface area (Å²) in [6.07, 6.45) is 4.89. The third-order valence-electron chi connectivity index (χ3n) is 3.20. The predicted molar refractivity (Wildman–Crippen MR) is 77.6 cm³/mol. The van der Waals surface area contributed by atoms with Crippen molar-refractivity contribution in [1.29, 1.82) is 0 Å². The van der Waals surface area contributed by atoms with Crippen LogP contribution in [0.15, 0.2) is 42.9 Å². The van der Waals surface area contributed by atoms with Gasteiger partial charge in [-0.1, -0.05) is 37.3 Å². The summed E-state index contributed by atoms with van der Waals surface area (Å²) in [5.41, 5.74) is 8.32. The molecule has 1 aromatic heterocycles. The van der Waals surface area contributed by atoms with Crippen molar-refractivity contribution in [2.75, 3.05) is 6.54 Å². The van der Waals surface area contributed by atoms with Gasteiger partial charge < -0.3 is 15.6 Å². The monoisotopic (exact) mass is 258 g/mol. The maximum absolute atomic E-state index is 5.89. The second-order valence-electron chi connectivity index (χ2n) is 4.67. The molecule has 1 unspecified atom stereocenters. The van der Waals surface area contributed by atoms with E-state index in [0.717, 1.165) is 19.5 Å². The van der Waals surface area contributed by atoms with Crippen molar-refractivity contribution in [1.82, 2.24) is 14.9 Å². The molecule has 0 radical (unpaired) electrons. The molecule has 0 aliphatic heterocycles. The van der Waals surface area contributed by atoms with E-state index in [4.69, 9.17) is 5.73 Å². The summed E-state index contributed by atoms with van der Waals surface area (Å²) < 4.78 is 2.18. The average Bonchev–Trinajstić information content (AvgIpc) is 2.90. The molecule has 3 N–H and O–H groups in total. The van der Waals surface area contributed by atoms with E-state index in [2.05, 4.69) is 46.1 Å². The lowest BCUT2D eigenvalue weighted by Gasteiger charge is -2.18. The fourth-order valence-electron chi connectivity index (χ4n) is 2.19. The highest BCUT2D eigenvalue weighted by Gasteiger charge is 2.13. The quantitative estimate of drug-likeness (QED) is 0.799. The maximum Gasteiger partial charge on any atom is 0.0948 e. The molecular weight excluding hydrogens is 236 g/mol. The summed E-state index contributed by atoms with van der Waals surface area (Å²) >= 11 is 0. The summed E-state index contributed by atoms with van der Waals surface area (Å²) in [5.74, 6) is 0. The lowest BCUT2D eigenvalue weighted by atomic mass is 10.1. The van der Waals surface area contributed by atoms with Crippen LogP contribution in [0, 0.1) is 0 Å². The number of nitrogens with zero attached hydrogens (tertiary/aromatic N) is 2. The molecule has 1 aromatic carbocycles. The highest BCUT2D eigenvalue weighted by molar-refractivity contribution is 5.15. The largest absolute Gasteiger partial charge is 0.333 e. The maximum atomic E-state index is 5.89. The van der Waals surface area contributed by atoms with Crippen molar-refractivity contribution >= 4 is 0 Å². The van der Waals surface area contributed by atoms with Crippen molar-refractivity contribution in [3.63, 3.8) is 0 Å². The third-order valence-corrected chi connectivity index (χ3v) is 3.20. The zero-order valence-electron chi connectivity index (χ0n) is 11.4. The Balaban J connectivity index is 2.01. The van der Waals surface area contributed by atoms with Gasteiger partial charge in [0.1, 0.15) is 0 Å². The van der Waals surface area contributed by atoms with Gasteiger partial charge in [-0.3, -0.25) is 0 Å². The zero-order valence-corrected chi connectivity index (χ0v) is 11.4. The van der Waals surface area contributed by atoms with Gasteiger partial charge in [0.25, 0.3) is 0 Å². The van der Waals surface area contributed by atoms with E-state index >= 15 is 0 Å². The first-order chi connectivity index (χ1) is 9.35. The van der Waals surface area contributed by atoms with Crippen LogP contribution < -0.4 is 11.1 Å². The minimum absolute atomic E-state index is 0.147. The summed E-state index contributed by atoms with van der Waals surface area (Å²) in [6, 6.07) is 10.5. The fraction of sp³-hybridized carbons (Fsp3) is 0.400. The molecule has 2 aromatic rings. The molecule has 0 aliphatic carbocycles. The van der Waals surface area contributed by atoms with Crippen molar-refractivity contribution in [2.24, 2.45) is 5.73 Å². The minimum Gasteiger partial charge on any atom is -0.333 e. The number of nitrogens with two attached hydrogens (primary N) is 1. The topological polar surface area (TPSA) is 55.9 Å². The van der Waals surface area contributed by atoms with E-state index in [1.165, 1.54) is 11.3 Å². The standard InChI is InChI=1S/C15H22N4/c1-2-8-19-12-17-11-15(19)14(9-16)18-10-13-6-4-3-5-7-13/h3-7,11-12,14,18H,2,8-10,16H2,1H3. The van der Waals surface area contributed by atoms with Crippen LogP contribution in [-0.4, -0.2) is 16.1 Å². The molecule has 0 saturated carbocycles. The van der Waals surface area contributed by atoms with Crippen molar-refractivity contribution in [3.05, 3.63) is 54.1 Å². The first kappa shape index (κ1) is 13.8. The Kier molecular flexibility index (Phi) is 5.12. The van der Waals surface area contributed by atoms with E-state index in [0.29, 0.717) is 6.54 Å². The van der Waals surface area contributed by atoms with E-state index in [-0.39, 0.29) is 6.04 Å². The van der Waals surface area contributed by atoms with Crippen LogP contribution in [-0.2, 0) is 13.1 Å².